The molecule has 0 radical (unpaired) electrons. The molecule has 2 aliphatic heterocycles. The van der Waals surface area contributed by atoms with E-state index >= 15 is 0 Å². The van der Waals surface area contributed by atoms with E-state index in [0.717, 1.165) is 27.8 Å². The lowest BCUT2D eigenvalue weighted by molar-refractivity contribution is -0.149. The third-order valence-electron chi connectivity index (χ3n) is 11.1. The van der Waals surface area contributed by atoms with Gasteiger partial charge in [-0.25, -0.2) is 9.78 Å². The summed E-state index contributed by atoms with van der Waals surface area (Å²) in [6, 6.07) is 7.54. The first-order valence-electron chi connectivity index (χ1n) is 18.0. The largest absolute Gasteiger partial charge is 0.469 e. The number of hydrogen-bond acceptors (Lipinski definition) is 11. The van der Waals surface area contributed by atoms with E-state index in [2.05, 4.69) is 9.97 Å². The van der Waals surface area contributed by atoms with E-state index in [1.165, 1.54) is 28.4 Å². The van der Waals surface area contributed by atoms with Crippen molar-refractivity contribution in [1.29, 1.82) is 0 Å². The van der Waals surface area contributed by atoms with Crippen molar-refractivity contribution < 1.29 is 43.2 Å². The molecule has 3 aromatic rings. The van der Waals surface area contributed by atoms with Crippen molar-refractivity contribution in [3.8, 4) is 0 Å². The Balaban J connectivity index is 1.77. The Morgan fingerprint density at radius 3 is 2.02 bits per heavy atom. The summed E-state index contributed by atoms with van der Waals surface area (Å²) in [7, 11) is 5.25. The highest BCUT2D eigenvalue weighted by atomic mass is 16.5. The van der Waals surface area contributed by atoms with E-state index in [1.54, 1.807) is 19.1 Å². The number of allylic oxidation sites excluding steroid dienone is 5. The first-order valence-corrected chi connectivity index (χ1v) is 18.0. The lowest BCUT2D eigenvalue weighted by Gasteiger charge is -2.36. The van der Waals surface area contributed by atoms with Gasteiger partial charge in [0.25, 0.3) is 0 Å². The number of aryl methyl sites for hydroxylation is 3. The van der Waals surface area contributed by atoms with Gasteiger partial charge in [-0.15, -0.1) is 0 Å². The number of nitrogens with zero attached hydrogens (tertiary/aromatic N) is 2. The second-order valence-electron chi connectivity index (χ2n) is 14.2. The molecule has 288 valence electrons. The van der Waals surface area contributed by atoms with Crippen LogP contribution in [-0.2, 0) is 50.0 Å². The molecule has 6 rings (SSSR count). The van der Waals surface area contributed by atoms with Gasteiger partial charge in [-0.1, -0.05) is 12.2 Å². The van der Waals surface area contributed by atoms with E-state index in [4.69, 9.17) is 28.9 Å². The third-order valence-corrected chi connectivity index (χ3v) is 11.1. The molecule has 3 aromatic heterocycles. The molecule has 3 aliphatic rings. The number of aliphatic hydroxyl groups is 1. The Kier molecular flexibility index (Phi) is 10.7. The van der Waals surface area contributed by atoms with Crippen molar-refractivity contribution in [2.75, 3.05) is 28.4 Å². The number of nitrogens with one attached hydrogen (secondary N) is 2. The van der Waals surface area contributed by atoms with Gasteiger partial charge in [-0.05, 0) is 105 Å². The van der Waals surface area contributed by atoms with Gasteiger partial charge in [-0.3, -0.25) is 19.4 Å². The number of aromatic nitrogens is 4. The first-order chi connectivity index (χ1) is 26.2. The molecule has 3 N–H and O–H groups in total. The number of aromatic amines is 2. The zero-order chi connectivity index (χ0) is 39.9. The predicted octanol–water partition coefficient (Wildman–Crippen LogP) is 6.22. The van der Waals surface area contributed by atoms with Crippen molar-refractivity contribution in [1.82, 2.24) is 19.9 Å². The monoisotopic (exact) mass is 750 g/mol. The Morgan fingerprint density at radius 2 is 1.38 bits per heavy atom. The van der Waals surface area contributed by atoms with Crippen molar-refractivity contribution in [3.63, 3.8) is 0 Å². The highest BCUT2D eigenvalue weighted by Crippen LogP contribution is 2.52. The molecule has 0 saturated heterocycles. The van der Waals surface area contributed by atoms with Crippen LogP contribution in [0.3, 0.4) is 0 Å². The second-order valence-corrected chi connectivity index (χ2v) is 14.2. The van der Waals surface area contributed by atoms with Crippen LogP contribution in [0.5, 0.6) is 0 Å². The van der Waals surface area contributed by atoms with E-state index in [0.29, 0.717) is 68.8 Å². The smallest absolute Gasteiger partial charge is 0.334 e. The first kappa shape index (κ1) is 38.9. The molecule has 3 atom stereocenters. The Labute approximate surface area is 318 Å². The van der Waals surface area contributed by atoms with Crippen molar-refractivity contribution in [3.05, 3.63) is 87.0 Å². The van der Waals surface area contributed by atoms with E-state index < -0.39 is 29.4 Å². The number of carbonyl (C=O) groups is 4. The van der Waals surface area contributed by atoms with Crippen LogP contribution < -0.4 is 0 Å². The van der Waals surface area contributed by atoms with Crippen LogP contribution in [0.2, 0.25) is 0 Å². The van der Waals surface area contributed by atoms with Crippen molar-refractivity contribution in [2.45, 2.75) is 71.8 Å². The highest BCUT2D eigenvalue weighted by Gasteiger charge is 2.53. The quantitative estimate of drug-likeness (QED) is 0.167. The lowest BCUT2D eigenvalue weighted by atomic mass is 9.64. The zero-order valence-corrected chi connectivity index (χ0v) is 32.6. The SMILES string of the molecule is COC(=O)CCC1=C(C)c2cc3[nH]c(cc4nc(cc5[nH]c(cc1n2)c(CCC(=O)OC)c5C)C1=CC=C(C(=O)OC)[C@@H](C(=O)OC)[C@]14C)c(C(C)O)c3C. The standard InChI is InChI=1S/C42H46N4O9/c1-20-24(11-14-36(48)52-6)31-18-32-25(12-15-37(49)53-7)21(2)29(44-32)17-33-27-13-10-26(40(50)54-8)39(41(51)55-9)42(27,5)35(46-33)19-34-38(23(4)47)22(3)30(45-34)16-28(20)43-31/h10,13,16-19,23,39,44-45,47H,11-12,14-15H2,1-9H3/t23?,39-,42+/m0/s1. The minimum atomic E-state index is -1.21. The number of methoxy groups -OCH3 is 4. The van der Waals surface area contributed by atoms with E-state index in [-0.39, 0.29) is 30.4 Å². The molecule has 1 aliphatic carbocycles. The zero-order valence-electron chi connectivity index (χ0n) is 32.6. The molecule has 8 bridgehead atoms. The van der Waals surface area contributed by atoms with Crippen molar-refractivity contribution >= 4 is 62.7 Å². The average molecular weight is 751 g/mol. The molecule has 55 heavy (non-hydrogen) atoms. The van der Waals surface area contributed by atoms with Gasteiger partial charge in [0.1, 0.15) is 5.92 Å². The normalized spacial score (nSPS) is 18.2. The maximum atomic E-state index is 13.7. The van der Waals surface area contributed by atoms with Gasteiger partial charge >= 0.3 is 23.9 Å². The molecule has 0 aromatic carbocycles. The van der Waals surface area contributed by atoms with Crippen LogP contribution in [0.1, 0.15) is 91.2 Å². The lowest BCUT2D eigenvalue weighted by Crippen LogP contribution is -2.42. The molecule has 0 spiro atoms. The molecule has 0 fully saturated rings. The van der Waals surface area contributed by atoms with Crippen LogP contribution >= 0.6 is 0 Å². The van der Waals surface area contributed by atoms with Crippen LogP contribution in [0.25, 0.3) is 38.8 Å². The summed E-state index contributed by atoms with van der Waals surface area (Å²) in [6.07, 6.45) is 3.49. The van der Waals surface area contributed by atoms with Gasteiger partial charge in [0.05, 0.1) is 68.3 Å². The van der Waals surface area contributed by atoms with Gasteiger partial charge in [-0.2, -0.15) is 0 Å². The molecule has 1 unspecified atom stereocenters. The molecule has 13 nitrogen and oxygen atoms in total. The summed E-state index contributed by atoms with van der Waals surface area (Å²) in [4.78, 5) is 68.8. The number of ether oxygens (including phenoxy) is 4. The number of aliphatic hydroxyl groups excluding tert-OH is 1. The summed E-state index contributed by atoms with van der Waals surface area (Å²) in [5.41, 5.74) is 9.42. The number of H-pyrrole nitrogens is 2. The summed E-state index contributed by atoms with van der Waals surface area (Å²) < 4.78 is 20.4. The van der Waals surface area contributed by atoms with Crippen LogP contribution in [-0.4, -0.2) is 77.4 Å². The van der Waals surface area contributed by atoms with E-state index in [9.17, 15) is 24.3 Å². The fourth-order valence-electron chi connectivity index (χ4n) is 8.06. The number of carbonyl (C=O) groups excluding carboxylic acids is 4. The van der Waals surface area contributed by atoms with Gasteiger partial charge in [0.15, 0.2) is 0 Å². The number of hydrogen-bond donors (Lipinski definition) is 3. The maximum Gasteiger partial charge on any atom is 0.334 e. The summed E-state index contributed by atoms with van der Waals surface area (Å²) in [5.74, 6) is -3.13. The highest BCUT2D eigenvalue weighted by molar-refractivity contribution is 6.02. The van der Waals surface area contributed by atoms with Gasteiger partial charge in [0.2, 0.25) is 0 Å². The van der Waals surface area contributed by atoms with Crippen LogP contribution in [0.15, 0.2) is 42.0 Å². The molecular weight excluding hydrogens is 704 g/mol. The summed E-state index contributed by atoms with van der Waals surface area (Å²) in [6.45, 7) is 9.34. The second kappa shape index (κ2) is 15.1. The predicted molar refractivity (Wildman–Crippen MR) is 206 cm³/mol. The molecule has 0 saturated carbocycles. The molecular formula is C42H46N4O9. The molecule has 13 heteroatoms. The van der Waals surface area contributed by atoms with Crippen molar-refractivity contribution in [2.24, 2.45) is 5.92 Å². The minimum absolute atomic E-state index is 0.121. The average Bonchev–Trinajstić information content (AvgIpc) is 3.82. The number of rotatable bonds is 9. The van der Waals surface area contributed by atoms with Crippen LogP contribution in [0.4, 0.5) is 0 Å². The topological polar surface area (TPSA) is 183 Å². The molecule has 5 heterocycles. The molecule has 0 amide bonds. The van der Waals surface area contributed by atoms with Crippen LogP contribution in [0, 0.1) is 19.8 Å². The number of fused-ring (bicyclic) bond motifs is 11. The fourth-order valence-corrected chi connectivity index (χ4v) is 8.06. The minimum Gasteiger partial charge on any atom is -0.469 e. The fraction of sp³-hybridized carbons (Fsp3) is 0.381. The van der Waals surface area contributed by atoms with Gasteiger partial charge in [0, 0.05) is 40.5 Å². The summed E-state index contributed by atoms with van der Waals surface area (Å²) in [5, 5.41) is 11.1. The number of esters is 4. The summed E-state index contributed by atoms with van der Waals surface area (Å²) >= 11 is 0. The Morgan fingerprint density at radius 1 is 0.764 bits per heavy atom. The maximum absolute atomic E-state index is 13.7. The van der Waals surface area contributed by atoms with E-state index in [1.807, 2.05) is 52.0 Å². The Hall–Kier alpha value is -5.82. The van der Waals surface area contributed by atoms with Gasteiger partial charge < -0.3 is 34.0 Å². The Bertz CT molecular complexity index is 2390. The third kappa shape index (κ3) is 6.77.